The van der Waals surface area contributed by atoms with Crippen LogP contribution < -0.4 is 5.32 Å². The molecule has 1 rings (SSSR count). The highest BCUT2D eigenvalue weighted by atomic mass is 19.1. The second-order valence-corrected chi connectivity index (χ2v) is 3.14. The third-order valence-corrected chi connectivity index (χ3v) is 1.96. The molecule has 4 nitrogen and oxygen atoms in total. The van der Waals surface area contributed by atoms with Gasteiger partial charge in [-0.2, -0.15) is 4.39 Å². The van der Waals surface area contributed by atoms with E-state index in [1.165, 1.54) is 12.3 Å². The highest BCUT2D eigenvalue weighted by molar-refractivity contribution is 5.93. The first-order chi connectivity index (χ1) is 7.13. The van der Waals surface area contributed by atoms with Crippen molar-refractivity contribution in [1.82, 2.24) is 10.3 Å². The van der Waals surface area contributed by atoms with Crippen molar-refractivity contribution in [2.75, 3.05) is 6.54 Å². The lowest BCUT2D eigenvalue weighted by atomic mass is 10.2. The Morgan fingerprint density at radius 2 is 2.47 bits per heavy atom. The lowest BCUT2D eigenvalue weighted by Gasteiger charge is -2.09. The molecular formula is C10H13FN2O2. The van der Waals surface area contributed by atoms with E-state index in [4.69, 9.17) is 0 Å². The molecule has 1 atom stereocenters. The number of hydrogen-bond acceptors (Lipinski definition) is 3. The first-order valence-electron chi connectivity index (χ1n) is 4.71. The summed E-state index contributed by atoms with van der Waals surface area (Å²) in [5, 5.41) is 11.7. The van der Waals surface area contributed by atoms with E-state index in [0.29, 0.717) is 6.42 Å². The van der Waals surface area contributed by atoms with Crippen LogP contribution in [-0.2, 0) is 0 Å². The Labute approximate surface area is 87.1 Å². The second-order valence-electron chi connectivity index (χ2n) is 3.14. The van der Waals surface area contributed by atoms with E-state index < -0.39 is 18.0 Å². The molecule has 0 saturated heterocycles. The summed E-state index contributed by atoms with van der Waals surface area (Å²) in [4.78, 5) is 14.7. The molecule has 1 heterocycles. The maximum atomic E-state index is 12.7. The van der Waals surface area contributed by atoms with Gasteiger partial charge in [0.1, 0.15) is 0 Å². The summed E-state index contributed by atoms with van der Waals surface area (Å²) in [5.74, 6) is -1.11. The fourth-order valence-electron chi connectivity index (χ4n) is 1.00. The van der Waals surface area contributed by atoms with Crippen molar-refractivity contribution in [3.63, 3.8) is 0 Å². The van der Waals surface area contributed by atoms with Gasteiger partial charge in [-0.3, -0.25) is 4.79 Å². The molecule has 1 aromatic rings. The molecule has 15 heavy (non-hydrogen) atoms. The highest BCUT2D eigenvalue weighted by Gasteiger charge is 2.08. The molecule has 0 spiro atoms. The van der Waals surface area contributed by atoms with Crippen molar-refractivity contribution < 1.29 is 14.3 Å². The summed E-state index contributed by atoms with van der Waals surface area (Å²) in [5.41, 5.74) is 0.200. The van der Waals surface area contributed by atoms with Crippen molar-refractivity contribution in [1.29, 1.82) is 0 Å². The number of aromatic nitrogens is 1. The molecule has 0 fully saturated rings. The second kappa shape index (κ2) is 5.41. The van der Waals surface area contributed by atoms with E-state index in [1.807, 2.05) is 6.92 Å². The van der Waals surface area contributed by atoms with Gasteiger partial charge in [-0.05, 0) is 12.5 Å². The number of hydrogen-bond donors (Lipinski definition) is 2. The molecule has 0 radical (unpaired) electrons. The Hall–Kier alpha value is -1.49. The predicted molar refractivity (Wildman–Crippen MR) is 52.8 cm³/mol. The minimum atomic E-state index is -0.696. The molecule has 1 unspecified atom stereocenters. The first-order valence-corrected chi connectivity index (χ1v) is 4.71. The van der Waals surface area contributed by atoms with Crippen LogP contribution in [0, 0.1) is 5.95 Å². The average Bonchev–Trinajstić information content (AvgIpc) is 2.25. The number of aliphatic hydroxyl groups excluding tert-OH is 1. The summed E-state index contributed by atoms with van der Waals surface area (Å²) in [7, 11) is 0. The summed E-state index contributed by atoms with van der Waals surface area (Å²) in [6.45, 7) is 1.97. The van der Waals surface area contributed by atoms with Crippen LogP contribution in [0.2, 0.25) is 0 Å². The van der Waals surface area contributed by atoms with Crippen LogP contribution in [0.5, 0.6) is 0 Å². The van der Waals surface area contributed by atoms with E-state index in [0.717, 1.165) is 6.07 Å². The predicted octanol–water partition coefficient (Wildman–Crippen LogP) is 0.721. The Balaban J connectivity index is 2.54. The number of halogens is 1. The van der Waals surface area contributed by atoms with Crippen LogP contribution in [0.15, 0.2) is 18.3 Å². The van der Waals surface area contributed by atoms with Crippen molar-refractivity contribution in [3.8, 4) is 0 Å². The quantitative estimate of drug-likeness (QED) is 0.723. The van der Waals surface area contributed by atoms with Gasteiger partial charge in [-0.15, -0.1) is 0 Å². The zero-order chi connectivity index (χ0) is 11.3. The van der Waals surface area contributed by atoms with Gasteiger partial charge < -0.3 is 10.4 Å². The van der Waals surface area contributed by atoms with Gasteiger partial charge in [-0.1, -0.05) is 6.92 Å². The normalized spacial score (nSPS) is 12.2. The molecule has 82 valence electrons. The van der Waals surface area contributed by atoms with Gasteiger partial charge in [0.05, 0.1) is 6.10 Å². The largest absolute Gasteiger partial charge is 0.391 e. The summed E-state index contributed by atoms with van der Waals surface area (Å²) in [6, 6.07) is 2.46. The number of carbonyl (C=O) groups excluding carboxylic acids is 1. The van der Waals surface area contributed by atoms with Crippen LogP contribution in [0.1, 0.15) is 23.7 Å². The molecule has 0 aliphatic heterocycles. The SMILES string of the molecule is CCC(O)CNC(=O)c1ccnc(F)c1. The molecule has 0 bridgehead atoms. The summed E-state index contributed by atoms with van der Waals surface area (Å²) < 4.78 is 12.7. The van der Waals surface area contributed by atoms with Gasteiger partial charge in [0, 0.05) is 24.4 Å². The molecule has 0 aliphatic carbocycles. The molecular weight excluding hydrogens is 199 g/mol. The fraction of sp³-hybridized carbons (Fsp3) is 0.400. The lowest BCUT2D eigenvalue weighted by Crippen LogP contribution is -2.31. The minimum Gasteiger partial charge on any atom is -0.391 e. The van der Waals surface area contributed by atoms with Crippen molar-refractivity contribution in [2.24, 2.45) is 0 Å². The molecule has 5 heteroatoms. The molecule has 0 aliphatic rings. The lowest BCUT2D eigenvalue weighted by molar-refractivity contribution is 0.0913. The van der Waals surface area contributed by atoms with Gasteiger partial charge in [0.25, 0.3) is 5.91 Å². The fourth-order valence-corrected chi connectivity index (χ4v) is 1.00. The van der Waals surface area contributed by atoms with Crippen LogP contribution in [0.25, 0.3) is 0 Å². The first kappa shape index (κ1) is 11.6. The summed E-state index contributed by atoms with van der Waals surface area (Å²) in [6.07, 6.45) is 1.21. The Morgan fingerprint density at radius 1 is 1.73 bits per heavy atom. The van der Waals surface area contributed by atoms with E-state index in [9.17, 15) is 14.3 Å². The molecule has 1 aromatic heterocycles. The maximum Gasteiger partial charge on any atom is 0.251 e. The van der Waals surface area contributed by atoms with Crippen molar-refractivity contribution >= 4 is 5.91 Å². The Morgan fingerprint density at radius 3 is 3.07 bits per heavy atom. The number of nitrogens with zero attached hydrogens (tertiary/aromatic N) is 1. The smallest absolute Gasteiger partial charge is 0.251 e. The van der Waals surface area contributed by atoms with Gasteiger partial charge in [0.2, 0.25) is 5.95 Å². The number of nitrogens with one attached hydrogen (secondary N) is 1. The van der Waals surface area contributed by atoms with Gasteiger partial charge >= 0.3 is 0 Å². The molecule has 1 amide bonds. The Kier molecular flexibility index (Phi) is 4.17. The van der Waals surface area contributed by atoms with E-state index in [2.05, 4.69) is 10.3 Å². The standard InChI is InChI=1S/C10H13FN2O2/c1-2-8(14)6-13-10(15)7-3-4-12-9(11)5-7/h3-5,8,14H,2,6H2,1H3,(H,13,15). The van der Waals surface area contributed by atoms with E-state index in [1.54, 1.807) is 0 Å². The summed E-state index contributed by atoms with van der Waals surface area (Å²) >= 11 is 0. The highest BCUT2D eigenvalue weighted by Crippen LogP contribution is 2.00. The average molecular weight is 212 g/mol. The number of rotatable bonds is 4. The third-order valence-electron chi connectivity index (χ3n) is 1.96. The number of amides is 1. The maximum absolute atomic E-state index is 12.7. The van der Waals surface area contributed by atoms with Crippen molar-refractivity contribution in [2.45, 2.75) is 19.4 Å². The van der Waals surface area contributed by atoms with Gasteiger partial charge in [0.15, 0.2) is 0 Å². The van der Waals surface area contributed by atoms with Crippen LogP contribution >= 0.6 is 0 Å². The molecule has 0 saturated carbocycles. The van der Waals surface area contributed by atoms with Crippen molar-refractivity contribution in [3.05, 3.63) is 29.8 Å². The zero-order valence-electron chi connectivity index (χ0n) is 8.40. The monoisotopic (exact) mass is 212 g/mol. The molecule has 2 N–H and O–H groups in total. The third kappa shape index (κ3) is 3.63. The number of pyridine rings is 1. The van der Waals surface area contributed by atoms with E-state index >= 15 is 0 Å². The number of carbonyl (C=O) groups is 1. The van der Waals surface area contributed by atoms with Crippen LogP contribution in [0.4, 0.5) is 4.39 Å². The van der Waals surface area contributed by atoms with E-state index in [-0.39, 0.29) is 12.1 Å². The van der Waals surface area contributed by atoms with Crippen LogP contribution in [0.3, 0.4) is 0 Å². The number of aliphatic hydroxyl groups is 1. The minimum absolute atomic E-state index is 0.166. The topological polar surface area (TPSA) is 62.2 Å². The molecule has 0 aromatic carbocycles. The zero-order valence-corrected chi connectivity index (χ0v) is 8.40. The Bertz CT molecular complexity index is 344. The van der Waals surface area contributed by atoms with Crippen LogP contribution in [-0.4, -0.2) is 28.6 Å². The van der Waals surface area contributed by atoms with Gasteiger partial charge in [-0.25, -0.2) is 4.98 Å².